The summed E-state index contributed by atoms with van der Waals surface area (Å²) in [5.74, 6) is 2.47. The predicted octanol–water partition coefficient (Wildman–Crippen LogP) is 4.51. The maximum Gasteiger partial charge on any atom is 0.119 e. The van der Waals surface area contributed by atoms with E-state index in [4.69, 9.17) is 4.74 Å². The highest BCUT2D eigenvalue weighted by Gasteiger charge is 2.50. The molecule has 1 aromatic carbocycles. The topological polar surface area (TPSA) is 29.5 Å². The molecule has 22 heavy (non-hydrogen) atoms. The first-order valence-electron chi connectivity index (χ1n) is 8.86. The van der Waals surface area contributed by atoms with Crippen LogP contribution < -0.4 is 4.74 Å². The third-order valence-corrected chi connectivity index (χ3v) is 6.56. The highest BCUT2D eigenvalue weighted by atomic mass is 16.5. The minimum atomic E-state index is -0.0705. The number of hydrogen-bond acceptors (Lipinski definition) is 2. The molecule has 0 saturated heterocycles. The number of aryl methyl sites for hydroxylation is 2. The smallest absolute Gasteiger partial charge is 0.119 e. The van der Waals surface area contributed by atoms with Gasteiger partial charge < -0.3 is 9.84 Å². The Morgan fingerprint density at radius 3 is 2.86 bits per heavy atom. The van der Waals surface area contributed by atoms with Gasteiger partial charge in [-0.1, -0.05) is 25.8 Å². The van der Waals surface area contributed by atoms with Gasteiger partial charge in [-0.25, -0.2) is 0 Å². The molecule has 1 N–H and O–H groups in total. The van der Waals surface area contributed by atoms with Crippen LogP contribution in [0.15, 0.2) is 18.2 Å². The fraction of sp³-hybridized carbons (Fsp3) is 0.700. The van der Waals surface area contributed by atoms with E-state index in [1.807, 2.05) is 6.07 Å². The Balaban J connectivity index is 1.69. The molecule has 0 spiro atoms. The van der Waals surface area contributed by atoms with Crippen LogP contribution in [-0.4, -0.2) is 18.3 Å². The van der Waals surface area contributed by atoms with Gasteiger partial charge in [-0.3, -0.25) is 0 Å². The summed E-state index contributed by atoms with van der Waals surface area (Å²) in [6.07, 6.45) is 8.39. The van der Waals surface area contributed by atoms with Gasteiger partial charge in [-0.05, 0) is 79.5 Å². The van der Waals surface area contributed by atoms with E-state index in [0.29, 0.717) is 0 Å². The van der Waals surface area contributed by atoms with E-state index in [1.54, 1.807) is 7.11 Å². The first-order valence-corrected chi connectivity index (χ1v) is 8.86. The molecule has 0 bridgehead atoms. The Bertz CT molecular complexity index is 524. The second-order valence-corrected chi connectivity index (χ2v) is 7.69. The molecule has 2 aliphatic carbocycles. The maximum absolute atomic E-state index is 10.4. The zero-order valence-corrected chi connectivity index (χ0v) is 14.3. The molecule has 0 heterocycles. The van der Waals surface area contributed by atoms with Gasteiger partial charge in [0.15, 0.2) is 0 Å². The van der Waals surface area contributed by atoms with Gasteiger partial charge >= 0.3 is 0 Å². The Morgan fingerprint density at radius 2 is 2.09 bits per heavy atom. The molecule has 0 radical (unpaired) electrons. The van der Waals surface area contributed by atoms with Gasteiger partial charge in [-0.15, -0.1) is 0 Å². The van der Waals surface area contributed by atoms with E-state index >= 15 is 0 Å². The fourth-order valence-corrected chi connectivity index (χ4v) is 5.05. The van der Waals surface area contributed by atoms with Crippen LogP contribution in [0.1, 0.15) is 56.6 Å². The Kier molecular flexibility index (Phi) is 4.49. The summed E-state index contributed by atoms with van der Waals surface area (Å²) in [4.78, 5) is 0. The Morgan fingerprint density at radius 1 is 1.27 bits per heavy atom. The summed E-state index contributed by atoms with van der Waals surface area (Å²) in [5.41, 5.74) is 2.97. The van der Waals surface area contributed by atoms with Gasteiger partial charge in [0.1, 0.15) is 5.75 Å². The molecule has 122 valence electrons. The molecule has 0 unspecified atom stereocenters. The standard InChI is InChI=1S/C20H30O2/c1-14-6-9-17(22-3)13-16(14)8-7-15-5-4-12-20(2)18(15)10-11-19(20)21/h6,9,13,15,18-19,21H,4-5,7-8,10-12H2,1-3H3/t15-,18-,19+,20-/m0/s1. The van der Waals surface area contributed by atoms with Gasteiger partial charge in [0.05, 0.1) is 13.2 Å². The Labute approximate surface area is 134 Å². The van der Waals surface area contributed by atoms with E-state index in [0.717, 1.165) is 30.4 Å². The predicted molar refractivity (Wildman–Crippen MR) is 90.2 cm³/mol. The van der Waals surface area contributed by atoms with Crippen molar-refractivity contribution < 1.29 is 9.84 Å². The monoisotopic (exact) mass is 302 g/mol. The second kappa shape index (κ2) is 6.23. The van der Waals surface area contributed by atoms with Crippen molar-refractivity contribution in [3.63, 3.8) is 0 Å². The van der Waals surface area contributed by atoms with Crippen LogP contribution >= 0.6 is 0 Å². The van der Waals surface area contributed by atoms with Crippen molar-refractivity contribution >= 4 is 0 Å². The molecule has 2 saturated carbocycles. The van der Waals surface area contributed by atoms with Crippen LogP contribution in [0.25, 0.3) is 0 Å². The van der Waals surface area contributed by atoms with E-state index < -0.39 is 0 Å². The summed E-state index contributed by atoms with van der Waals surface area (Å²) >= 11 is 0. The number of aliphatic hydroxyl groups is 1. The fourth-order valence-electron chi connectivity index (χ4n) is 5.05. The summed E-state index contributed by atoms with van der Waals surface area (Å²) < 4.78 is 5.37. The van der Waals surface area contributed by atoms with Crippen LogP contribution in [0.4, 0.5) is 0 Å². The minimum absolute atomic E-state index is 0.0705. The van der Waals surface area contributed by atoms with Crippen LogP contribution in [-0.2, 0) is 6.42 Å². The van der Waals surface area contributed by atoms with Crippen LogP contribution in [0.3, 0.4) is 0 Å². The van der Waals surface area contributed by atoms with Crippen molar-refractivity contribution in [2.75, 3.05) is 7.11 Å². The SMILES string of the molecule is COc1ccc(C)c(CC[C@@H]2CCC[C@]3(C)[C@H](O)CC[C@@H]23)c1. The molecule has 2 aliphatic rings. The van der Waals surface area contributed by atoms with E-state index in [1.165, 1.54) is 43.2 Å². The summed E-state index contributed by atoms with van der Waals surface area (Å²) in [7, 11) is 1.74. The van der Waals surface area contributed by atoms with E-state index in [-0.39, 0.29) is 11.5 Å². The van der Waals surface area contributed by atoms with E-state index in [9.17, 15) is 5.11 Å². The number of benzene rings is 1. The molecule has 2 nitrogen and oxygen atoms in total. The van der Waals surface area contributed by atoms with Crippen molar-refractivity contribution in [3.05, 3.63) is 29.3 Å². The molecule has 1 aromatic rings. The van der Waals surface area contributed by atoms with Crippen LogP contribution in [0.2, 0.25) is 0 Å². The largest absolute Gasteiger partial charge is 0.497 e. The number of aliphatic hydroxyl groups excluding tert-OH is 1. The lowest BCUT2D eigenvalue weighted by Gasteiger charge is -2.43. The summed E-state index contributed by atoms with van der Waals surface area (Å²) in [5, 5.41) is 10.4. The molecule has 3 rings (SSSR count). The first-order chi connectivity index (χ1) is 10.5. The lowest BCUT2D eigenvalue weighted by atomic mass is 9.62. The van der Waals surface area contributed by atoms with Crippen molar-refractivity contribution in [2.45, 2.75) is 64.9 Å². The van der Waals surface area contributed by atoms with Gasteiger partial charge in [-0.2, -0.15) is 0 Å². The first kappa shape index (κ1) is 15.9. The molecular weight excluding hydrogens is 272 g/mol. The molecule has 4 atom stereocenters. The second-order valence-electron chi connectivity index (χ2n) is 7.69. The quantitative estimate of drug-likeness (QED) is 0.886. The van der Waals surface area contributed by atoms with E-state index in [2.05, 4.69) is 26.0 Å². The van der Waals surface area contributed by atoms with Crippen molar-refractivity contribution in [1.29, 1.82) is 0 Å². The molecule has 0 amide bonds. The van der Waals surface area contributed by atoms with Crippen molar-refractivity contribution in [1.82, 2.24) is 0 Å². The zero-order valence-electron chi connectivity index (χ0n) is 14.3. The minimum Gasteiger partial charge on any atom is -0.497 e. The third kappa shape index (κ3) is 2.78. The van der Waals surface area contributed by atoms with Gasteiger partial charge in [0, 0.05) is 0 Å². The van der Waals surface area contributed by atoms with Crippen LogP contribution in [0.5, 0.6) is 5.75 Å². The summed E-state index contributed by atoms with van der Waals surface area (Å²) in [6.45, 7) is 4.53. The lowest BCUT2D eigenvalue weighted by molar-refractivity contribution is -0.0119. The molecule has 2 heteroatoms. The highest BCUT2D eigenvalue weighted by Crippen LogP contribution is 2.55. The van der Waals surface area contributed by atoms with Crippen molar-refractivity contribution in [2.24, 2.45) is 17.3 Å². The number of ether oxygens (including phenoxy) is 1. The number of hydrogen-bond donors (Lipinski definition) is 1. The summed E-state index contributed by atoms with van der Waals surface area (Å²) in [6, 6.07) is 6.41. The number of rotatable bonds is 4. The average Bonchev–Trinajstić information content (AvgIpc) is 2.82. The van der Waals surface area contributed by atoms with Gasteiger partial charge in [0.2, 0.25) is 0 Å². The molecule has 2 fully saturated rings. The lowest BCUT2D eigenvalue weighted by Crippen LogP contribution is -2.39. The molecule has 0 aliphatic heterocycles. The molecule has 0 aromatic heterocycles. The van der Waals surface area contributed by atoms with Gasteiger partial charge in [0.25, 0.3) is 0 Å². The third-order valence-electron chi connectivity index (χ3n) is 6.56. The zero-order chi connectivity index (χ0) is 15.7. The van der Waals surface area contributed by atoms with Crippen molar-refractivity contribution in [3.8, 4) is 5.75 Å². The number of fused-ring (bicyclic) bond motifs is 1. The maximum atomic E-state index is 10.4. The number of methoxy groups -OCH3 is 1. The molecular formula is C20H30O2. The Hall–Kier alpha value is -1.02. The normalized spacial score (nSPS) is 34.5. The average molecular weight is 302 g/mol. The van der Waals surface area contributed by atoms with Crippen LogP contribution in [0, 0.1) is 24.2 Å². The highest BCUT2D eigenvalue weighted by molar-refractivity contribution is 5.35.